The summed E-state index contributed by atoms with van der Waals surface area (Å²) in [6.07, 6.45) is 4.10. The molecule has 1 N–H and O–H groups in total. The van der Waals surface area contributed by atoms with Crippen LogP contribution in [0.25, 0.3) is 11.0 Å². The summed E-state index contributed by atoms with van der Waals surface area (Å²) in [5.41, 5.74) is 4.61. The third-order valence-electron chi connectivity index (χ3n) is 4.44. The summed E-state index contributed by atoms with van der Waals surface area (Å²) in [6, 6.07) is 15.9. The number of benzene rings is 2. The quantitative estimate of drug-likeness (QED) is 0.754. The van der Waals surface area contributed by atoms with E-state index in [0.29, 0.717) is 5.76 Å². The number of hydrogen-bond donors (Lipinski definition) is 1. The Labute approximate surface area is 124 Å². The van der Waals surface area contributed by atoms with Crippen molar-refractivity contribution < 1.29 is 9.52 Å². The summed E-state index contributed by atoms with van der Waals surface area (Å²) in [5.74, 6) is 0.634. The second kappa shape index (κ2) is 5.05. The van der Waals surface area contributed by atoms with Crippen molar-refractivity contribution in [2.75, 3.05) is 0 Å². The van der Waals surface area contributed by atoms with Crippen LogP contribution in [0.15, 0.2) is 52.9 Å². The molecule has 0 radical (unpaired) electrons. The van der Waals surface area contributed by atoms with Crippen molar-refractivity contribution in [1.29, 1.82) is 0 Å². The van der Waals surface area contributed by atoms with Crippen LogP contribution < -0.4 is 0 Å². The highest BCUT2D eigenvalue weighted by molar-refractivity contribution is 5.83. The summed E-state index contributed by atoms with van der Waals surface area (Å²) in [6.45, 7) is 0. The number of furan rings is 1. The molecule has 0 saturated carbocycles. The van der Waals surface area contributed by atoms with E-state index in [1.54, 1.807) is 0 Å². The van der Waals surface area contributed by atoms with Gasteiger partial charge < -0.3 is 9.52 Å². The lowest BCUT2D eigenvalue weighted by atomic mass is 9.89. The molecule has 0 spiro atoms. The molecule has 4 rings (SSSR count). The maximum absolute atomic E-state index is 10.5. The summed E-state index contributed by atoms with van der Waals surface area (Å²) in [7, 11) is 0. The van der Waals surface area contributed by atoms with Crippen LogP contribution in [-0.2, 0) is 12.8 Å². The van der Waals surface area contributed by atoms with Gasteiger partial charge in [-0.1, -0.05) is 36.4 Å². The molecule has 0 saturated heterocycles. The number of aryl methyl sites for hydroxylation is 2. The SMILES string of the molecule is OC(c1ccccc1)c1cc2c3c(ccc2o1)CCCC3. The lowest BCUT2D eigenvalue weighted by Crippen LogP contribution is -2.02. The Bertz CT molecular complexity index is 771. The summed E-state index contributed by atoms with van der Waals surface area (Å²) < 4.78 is 5.90. The first-order chi connectivity index (χ1) is 10.3. The Morgan fingerprint density at radius 3 is 2.62 bits per heavy atom. The van der Waals surface area contributed by atoms with Gasteiger partial charge >= 0.3 is 0 Å². The number of fused-ring (bicyclic) bond motifs is 3. The third kappa shape index (κ3) is 2.16. The highest BCUT2D eigenvalue weighted by Crippen LogP contribution is 2.34. The van der Waals surface area contributed by atoms with E-state index in [1.807, 2.05) is 42.5 Å². The lowest BCUT2D eigenvalue weighted by Gasteiger charge is -2.15. The molecule has 2 nitrogen and oxygen atoms in total. The molecule has 21 heavy (non-hydrogen) atoms. The number of rotatable bonds is 2. The molecule has 1 aromatic heterocycles. The van der Waals surface area contributed by atoms with Crippen LogP contribution in [0.1, 0.15) is 41.4 Å². The first-order valence-corrected chi connectivity index (χ1v) is 7.60. The van der Waals surface area contributed by atoms with Crippen molar-refractivity contribution in [2.45, 2.75) is 31.8 Å². The molecule has 1 unspecified atom stereocenters. The highest BCUT2D eigenvalue weighted by atomic mass is 16.4. The second-order valence-corrected chi connectivity index (χ2v) is 5.78. The van der Waals surface area contributed by atoms with Crippen LogP contribution in [0.3, 0.4) is 0 Å². The van der Waals surface area contributed by atoms with Crippen molar-refractivity contribution in [1.82, 2.24) is 0 Å². The molecule has 1 atom stereocenters. The molecule has 106 valence electrons. The van der Waals surface area contributed by atoms with Gasteiger partial charge in [0.05, 0.1) is 0 Å². The van der Waals surface area contributed by atoms with E-state index in [-0.39, 0.29) is 0 Å². The van der Waals surface area contributed by atoms with Crippen LogP contribution in [0, 0.1) is 0 Å². The van der Waals surface area contributed by atoms with Gasteiger partial charge in [-0.3, -0.25) is 0 Å². The summed E-state index contributed by atoms with van der Waals surface area (Å²) in [5, 5.41) is 11.7. The maximum atomic E-state index is 10.5. The van der Waals surface area contributed by atoms with Gasteiger partial charge in [0.2, 0.25) is 0 Å². The van der Waals surface area contributed by atoms with E-state index in [9.17, 15) is 5.11 Å². The fourth-order valence-corrected chi connectivity index (χ4v) is 3.32. The van der Waals surface area contributed by atoms with E-state index >= 15 is 0 Å². The van der Waals surface area contributed by atoms with E-state index in [4.69, 9.17) is 4.42 Å². The van der Waals surface area contributed by atoms with Crippen molar-refractivity contribution in [3.8, 4) is 0 Å². The normalized spacial score (nSPS) is 15.9. The minimum Gasteiger partial charge on any atom is -0.458 e. The number of aliphatic hydroxyl groups excluding tert-OH is 1. The average molecular weight is 278 g/mol. The molecule has 2 heteroatoms. The molecule has 2 aromatic carbocycles. The van der Waals surface area contributed by atoms with Gasteiger partial charge in [0.25, 0.3) is 0 Å². The van der Waals surface area contributed by atoms with Crippen LogP contribution in [0.2, 0.25) is 0 Å². The highest BCUT2D eigenvalue weighted by Gasteiger charge is 2.19. The molecular formula is C19H18O2. The first kappa shape index (κ1) is 12.7. The largest absolute Gasteiger partial charge is 0.458 e. The van der Waals surface area contributed by atoms with Crippen molar-refractivity contribution in [3.63, 3.8) is 0 Å². The first-order valence-electron chi connectivity index (χ1n) is 7.60. The van der Waals surface area contributed by atoms with Gasteiger partial charge in [-0.15, -0.1) is 0 Å². The predicted octanol–water partition coefficient (Wildman–Crippen LogP) is 4.39. The number of aliphatic hydroxyl groups is 1. The molecule has 3 aromatic rings. The number of hydrogen-bond acceptors (Lipinski definition) is 2. The van der Waals surface area contributed by atoms with E-state index < -0.39 is 6.10 Å². The van der Waals surface area contributed by atoms with Gasteiger partial charge in [-0.25, -0.2) is 0 Å². The second-order valence-electron chi connectivity index (χ2n) is 5.78. The molecule has 1 heterocycles. The van der Waals surface area contributed by atoms with Gasteiger partial charge in [0.1, 0.15) is 17.4 Å². The molecule has 1 aliphatic carbocycles. The topological polar surface area (TPSA) is 33.4 Å². The average Bonchev–Trinajstić information content (AvgIpc) is 2.99. The Hall–Kier alpha value is -2.06. The molecule has 0 amide bonds. The van der Waals surface area contributed by atoms with Crippen LogP contribution in [0.4, 0.5) is 0 Å². The molecule has 0 fully saturated rings. The van der Waals surface area contributed by atoms with Gasteiger partial charge in [-0.05, 0) is 54.5 Å². The zero-order chi connectivity index (χ0) is 14.2. The van der Waals surface area contributed by atoms with Crippen LogP contribution >= 0.6 is 0 Å². The zero-order valence-corrected chi connectivity index (χ0v) is 11.9. The van der Waals surface area contributed by atoms with Crippen LogP contribution in [0.5, 0.6) is 0 Å². The fourth-order valence-electron chi connectivity index (χ4n) is 3.32. The van der Waals surface area contributed by atoms with Crippen LogP contribution in [-0.4, -0.2) is 5.11 Å². The van der Waals surface area contributed by atoms with Gasteiger partial charge in [0.15, 0.2) is 0 Å². The fraction of sp³-hybridized carbons (Fsp3) is 0.263. The van der Waals surface area contributed by atoms with Gasteiger partial charge in [0, 0.05) is 5.39 Å². The smallest absolute Gasteiger partial charge is 0.138 e. The monoisotopic (exact) mass is 278 g/mol. The van der Waals surface area contributed by atoms with Gasteiger partial charge in [-0.2, -0.15) is 0 Å². The molecule has 1 aliphatic rings. The minimum atomic E-state index is -0.696. The standard InChI is InChI=1S/C19H18O2/c20-19(14-7-2-1-3-8-14)18-12-16-15-9-5-4-6-13(15)10-11-17(16)21-18/h1-3,7-8,10-12,19-20H,4-6,9H2. The Morgan fingerprint density at radius 1 is 0.952 bits per heavy atom. The van der Waals surface area contributed by atoms with Crippen molar-refractivity contribution >= 4 is 11.0 Å². The van der Waals surface area contributed by atoms with Crippen molar-refractivity contribution in [3.05, 3.63) is 71.0 Å². The third-order valence-corrected chi connectivity index (χ3v) is 4.44. The maximum Gasteiger partial charge on any atom is 0.138 e. The Morgan fingerprint density at radius 2 is 1.76 bits per heavy atom. The molecular weight excluding hydrogens is 260 g/mol. The summed E-state index contributed by atoms with van der Waals surface area (Å²) >= 11 is 0. The van der Waals surface area contributed by atoms with E-state index in [1.165, 1.54) is 29.4 Å². The molecule has 0 bridgehead atoms. The zero-order valence-electron chi connectivity index (χ0n) is 11.9. The molecule has 0 aliphatic heterocycles. The summed E-state index contributed by atoms with van der Waals surface area (Å²) in [4.78, 5) is 0. The van der Waals surface area contributed by atoms with Crippen molar-refractivity contribution in [2.24, 2.45) is 0 Å². The minimum absolute atomic E-state index is 0.634. The van der Waals surface area contributed by atoms with E-state index in [0.717, 1.165) is 24.0 Å². The van der Waals surface area contributed by atoms with E-state index in [2.05, 4.69) is 6.07 Å². The Kier molecular flexibility index (Phi) is 3.04. The predicted molar refractivity (Wildman–Crippen MR) is 83.4 cm³/mol. The Balaban J connectivity index is 1.80. The lowest BCUT2D eigenvalue weighted by molar-refractivity contribution is 0.192.